The fourth-order valence-electron chi connectivity index (χ4n) is 1.32. The summed E-state index contributed by atoms with van der Waals surface area (Å²) in [6.07, 6.45) is 0. The molecule has 0 aliphatic carbocycles. The predicted molar refractivity (Wildman–Crippen MR) is 59.6 cm³/mol. The molecule has 0 fully saturated rings. The molecule has 1 aromatic heterocycles. The molecule has 78 valence electrons. The molecule has 0 atom stereocenters. The Morgan fingerprint density at radius 1 is 1.40 bits per heavy atom. The van der Waals surface area contributed by atoms with E-state index in [1.165, 1.54) is 4.68 Å². The van der Waals surface area contributed by atoms with Gasteiger partial charge in [-0.15, -0.1) is 5.10 Å². The molecular weight excluding hydrogens is 260 g/mol. The highest BCUT2D eigenvalue weighted by Gasteiger charge is 2.08. The van der Waals surface area contributed by atoms with E-state index in [0.717, 1.165) is 15.6 Å². The molecule has 0 spiro atoms. The fraction of sp³-hybridized carbons (Fsp3) is 0.200. The van der Waals surface area contributed by atoms with Crippen LogP contribution in [0.5, 0.6) is 0 Å². The van der Waals surface area contributed by atoms with Gasteiger partial charge in [-0.25, -0.2) is 4.79 Å². The number of aromatic nitrogens is 2. The van der Waals surface area contributed by atoms with Gasteiger partial charge in [-0.05, 0) is 30.7 Å². The first kappa shape index (κ1) is 10.2. The van der Waals surface area contributed by atoms with Gasteiger partial charge in [0.05, 0.1) is 0 Å². The normalized spacial score (nSPS) is 10.6. The highest BCUT2D eigenvalue weighted by atomic mass is 79.9. The van der Waals surface area contributed by atoms with Crippen LogP contribution < -0.4 is 5.76 Å². The van der Waals surface area contributed by atoms with Gasteiger partial charge in [0.25, 0.3) is 0 Å². The summed E-state index contributed by atoms with van der Waals surface area (Å²) in [4.78, 5) is 11.1. The number of nitrogens with zero attached hydrogens (tertiary/aromatic N) is 2. The van der Waals surface area contributed by atoms with Gasteiger partial charge in [-0.2, -0.15) is 4.68 Å². The maximum Gasteiger partial charge on any atom is 0.437 e. The van der Waals surface area contributed by atoms with Crippen molar-refractivity contribution in [3.8, 4) is 11.5 Å². The maximum atomic E-state index is 11.1. The van der Waals surface area contributed by atoms with E-state index >= 15 is 0 Å². The molecule has 0 saturated carbocycles. The summed E-state index contributed by atoms with van der Waals surface area (Å²) in [5.74, 6) is -0.116. The average molecular weight is 269 g/mol. The zero-order valence-corrected chi connectivity index (χ0v) is 9.91. The number of halogens is 1. The van der Waals surface area contributed by atoms with Crippen molar-refractivity contribution < 1.29 is 4.42 Å². The van der Waals surface area contributed by atoms with Crippen molar-refractivity contribution in [2.24, 2.45) is 7.05 Å². The number of hydrogen-bond acceptors (Lipinski definition) is 3. The first-order chi connectivity index (χ1) is 7.06. The molecule has 2 rings (SSSR count). The molecule has 0 N–H and O–H groups in total. The highest BCUT2D eigenvalue weighted by molar-refractivity contribution is 9.10. The third kappa shape index (κ3) is 2.02. The zero-order chi connectivity index (χ0) is 11.0. The van der Waals surface area contributed by atoms with Crippen molar-refractivity contribution >= 4 is 15.9 Å². The second kappa shape index (κ2) is 3.66. The van der Waals surface area contributed by atoms with Gasteiger partial charge in [0.15, 0.2) is 0 Å². The van der Waals surface area contributed by atoms with E-state index in [9.17, 15) is 4.79 Å². The molecule has 5 heteroatoms. The van der Waals surface area contributed by atoms with Crippen molar-refractivity contribution in [3.63, 3.8) is 0 Å². The van der Waals surface area contributed by atoms with E-state index in [-0.39, 0.29) is 0 Å². The number of benzene rings is 1. The average Bonchev–Trinajstić information content (AvgIpc) is 2.45. The zero-order valence-electron chi connectivity index (χ0n) is 8.32. The lowest BCUT2D eigenvalue weighted by atomic mass is 10.1. The van der Waals surface area contributed by atoms with Gasteiger partial charge < -0.3 is 4.42 Å². The predicted octanol–water partition coefficient (Wildman–Crippen LogP) is 2.11. The first-order valence-corrected chi connectivity index (χ1v) is 5.17. The fourth-order valence-corrected chi connectivity index (χ4v) is 1.93. The van der Waals surface area contributed by atoms with Crippen molar-refractivity contribution in [1.82, 2.24) is 9.78 Å². The number of hydrogen-bond donors (Lipinski definition) is 0. The first-order valence-electron chi connectivity index (χ1n) is 4.38. The molecule has 0 radical (unpaired) electrons. The second-order valence-corrected chi connectivity index (χ2v) is 4.23. The van der Waals surface area contributed by atoms with E-state index in [4.69, 9.17) is 4.42 Å². The SMILES string of the molecule is Cc1cc(Br)cc(-c2nn(C)c(=O)o2)c1. The summed E-state index contributed by atoms with van der Waals surface area (Å²) in [7, 11) is 1.56. The molecule has 4 nitrogen and oxygen atoms in total. The van der Waals surface area contributed by atoms with Crippen LogP contribution >= 0.6 is 15.9 Å². The lowest BCUT2D eigenvalue weighted by Crippen LogP contribution is -2.09. The Kier molecular flexibility index (Phi) is 2.48. The van der Waals surface area contributed by atoms with Crippen LogP contribution in [0, 0.1) is 6.92 Å². The Balaban J connectivity index is 2.58. The van der Waals surface area contributed by atoms with Gasteiger partial charge in [0, 0.05) is 17.1 Å². The molecular formula is C10H9BrN2O2. The minimum Gasteiger partial charge on any atom is -0.388 e. The molecule has 0 aliphatic rings. The molecule has 1 aromatic carbocycles. The summed E-state index contributed by atoms with van der Waals surface area (Å²) >= 11 is 3.38. The molecule has 0 bridgehead atoms. The van der Waals surface area contributed by atoms with Crippen molar-refractivity contribution in [2.45, 2.75) is 6.92 Å². The van der Waals surface area contributed by atoms with Crippen LogP contribution in [-0.2, 0) is 7.05 Å². The maximum absolute atomic E-state index is 11.1. The Morgan fingerprint density at radius 3 is 2.67 bits per heavy atom. The van der Waals surface area contributed by atoms with Crippen LogP contribution in [0.25, 0.3) is 11.5 Å². The van der Waals surface area contributed by atoms with Gasteiger partial charge in [-0.3, -0.25) is 0 Å². The smallest absolute Gasteiger partial charge is 0.388 e. The summed E-state index contributed by atoms with van der Waals surface area (Å²) in [5.41, 5.74) is 1.87. The summed E-state index contributed by atoms with van der Waals surface area (Å²) in [6, 6.07) is 5.75. The van der Waals surface area contributed by atoms with Crippen LogP contribution in [-0.4, -0.2) is 9.78 Å². The highest BCUT2D eigenvalue weighted by Crippen LogP contribution is 2.22. The number of rotatable bonds is 1. The molecule has 0 amide bonds. The van der Waals surface area contributed by atoms with Crippen LogP contribution in [0.4, 0.5) is 0 Å². The molecule has 0 unspecified atom stereocenters. The molecule has 0 aliphatic heterocycles. The Labute approximate surface area is 94.7 Å². The van der Waals surface area contributed by atoms with Crippen molar-refractivity contribution in [2.75, 3.05) is 0 Å². The molecule has 0 saturated heterocycles. The molecule has 1 heterocycles. The monoisotopic (exact) mass is 268 g/mol. The van der Waals surface area contributed by atoms with E-state index in [2.05, 4.69) is 21.0 Å². The lowest BCUT2D eigenvalue weighted by molar-refractivity contribution is 0.505. The minimum absolute atomic E-state index is 0.340. The van der Waals surface area contributed by atoms with E-state index in [0.29, 0.717) is 5.89 Å². The largest absolute Gasteiger partial charge is 0.437 e. The Hall–Kier alpha value is -1.36. The van der Waals surface area contributed by atoms with Crippen LogP contribution in [0.15, 0.2) is 31.9 Å². The quantitative estimate of drug-likeness (QED) is 0.796. The Bertz CT molecular complexity index is 537. The van der Waals surface area contributed by atoms with Crippen LogP contribution in [0.3, 0.4) is 0 Å². The molecule has 15 heavy (non-hydrogen) atoms. The topological polar surface area (TPSA) is 48.0 Å². The van der Waals surface area contributed by atoms with Gasteiger partial charge in [0.2, 0.25) is 5.89 Å². The standard InChI is InChI=1S/C10H9BrN2O2/c1-6-3-7(5-8(11)4-6)9-12-13(2)10(14)15-9/h3-5H,1-2H3. The number of aryl methyl sites for hydroxylation is 2. The third-order valence-corrected chi connectivity index (χ3v) is 2.44. The van der Waals surface area contributed by atoms with E-state index < -0.39 is 5.76 Å². The van der Waals surface area contributed by atoms with E-state index in [1.807, 2.05) is 25.1 Å². The van der Waals surface area contributed by atoms with Crippen LogP contribution in [0.1, 0.15) is 5.56 Å². The summed E-state index contributed by atoms with van der Waals surface area (Å²) in [6.45, 7) is 1.97. The molecule has 2 aromatic rings. The van der Waals surface area contributed by atoms with Gasteiger partial charge in [-0.1, -0.05) is 15.9 Å². The van der Waals surface area contributed by atoms with Crippen molar-refractivity contribution in [3.05, 3.63) is 38.8 Å². The van der Waals surface area contributed by atoms with Gasteiger partial charge in [0.1, 0.15) is 0 Å². The second-order valence-electron chi connectivity index (χ2n) is 3.31. The summed E-state index contributed by atoms with van der Waals surface area (Å²) < 4.78 is 7.09. The minimum atomic E-state index is -0.456. The Morgan fingerprint density at radius 2 is 2.13 bits per heavy atom. The van der Waals surface area contributed by atoms with E-state index in [1.54, 1.807) is 7.05 Å². The lowest BCUT2D eigenvalue weighted by Gasteiger charge is -1.98. The summed E-state index contributed by atoms with van der Waals surface area (Å²) in [5, 5.41) is 3.98. The van der Waals surface area contributed by atoms with Crippen molar-refractivity contribution in [1.29, 1.82) is 0 Å². The van der Waals surface area contributed by atoms with Gasteiger partial charge >= 0.3 is 5.76 Å². The third-order valence-electron chi connectivity index (χ3n) is 1.98. The van der Waals surface area contributed by atoms with Crippen LogP contribution in [0.2, 0.25) is 0 Å².